The fourth-order valence-electron chi connectivity index (χ4n) is 6.69. The second-order valence-corrected chi connectivity index (χ2v) is 11.8. The second kappa shape index (κ2) is 14.9. The molecule has 1 spiro atoms. The van der Waals surface area contributed by atoms with E-state index in [1.807, 2.05) is 0 Å². The minimum Gasteiger partial charge on any atom is -0.492 e. The fourth-order valence-corrected chi connectivity index (χ4v) is 6.69. The van der Waals surface area contributed by atoms with Crippen molar-refractivity contribution in [1.29, 1.82) is 0 Å². The van der Waals surface area contributed by atoms with E-state index in [-0.39, 0.29) is 10.8 Å². The van der Waals surface area contributed by atoms with Crippen LogP contribution in [0.5, 0.6) is 0 Å². The lowest BCUT2D eigenvalue weighted by atomic mass is 9.67. The fraction of sp³-hybridized carbons (Fsp3) is 0.556. The van der Waals surface area contributed by atoms with Crippen molar-refractivity contribution in [1.82, 2.24) is 9.80 Å². The molecule has 4 nitrogen and oxygen atoms in total. The molecular formula is C36H52N2O2. The molecule has 1 saturated heterocycles. The van der Waals surface area contributed by atoms with Gasteiger partial charge in [0.25, 0.3) is 0 Å². The molecule has 4 rings (SSSR count). The van der Waals surface area contributed by atoms with Crippen LogP contribution in [0, 0.1) is 10.8 Å². The van der Waals surface area contributed by atoms with Crippen molar-refractivity contribution in [2.45, 2.75) is 79.4 Å². The van der Waals surface area contributed by atoms with E-state index in [0.717, 1.165) is 76.3 Å². The molecule has 2 aliphatic rings. The Morgan fingerprint density at radius 1 is 0.750 bits per heavy atom. The standard InChI is InChI=1S/C36H52N2O2/c1-5-20-36(21-6-2)33(39-28-31-16-11-9-12-17-31)26-35(27-34(36)40-29-32-18-13-10-14-19-32)22-25-38(30-35)24-15-23-37(7-3)8-4/h9-14,16-19,26-27H,5-8,15,20-25,28-30H2,1-4H3. The lowest BCUT2D eigenvalue weighted by molar-refractivity contribution is 0.0475. The van der Waals surface area contributed by atoms with Gasteiger partial charge < -0.3 is 19.3 Å². The van der Waals surface area contributed by atoms with Crippen molar-refractivity contribution in [3.05, 3.63) is 95.5 Å². The molecule has 0 amide bonds. The molecule has 0 atom stereocenters. The first-order valence-electron chi connectivity index (χ1n) is 15.8. The van der Waals surface area contributed by atoms with Crippen LogP contribution in [0.2, 0.25) is 0 Å². The predicted molar refractivity (Wildman–Crippen MR) is 167 cm³/mol. The van der Waals surface area contributed by atoms with Gasteiger partial charge in [-0.2, -0.15) is 0 Å². The zero-order valence-electron chi connectivity index (χ0n) is 25.5. The molecule has 0 saturated carbocycles. The van der Waals surface area contributed by atoms with Gasteiger partial charge in [0, 0.05) is 12.0 Å². The molecule has 2 aromatic carbocycles. The monoisotopic (exact) mass is 544 g/mol. The van der Waals surface area contributed by atoms with Gasteiger partial charge in [0.2, 0.25) is 0 Å². The van der Waals surface area contributed by atoms with Crippen LogP contribution in [0.25, 0.3) is 0 Å². The molecule has 1 aliphatic heterocycles. The summed E-state index contributed by atoms with van der Waals surface area (Å²) < 4.78 is 13.7. The minimum absolute atomic E-state index is 0.0434. The molecule has 1 aliphatic carbocycles. The van der Waals surface area contributed by atoms with E-state index in [4.69, 9.17) is 9.47 Å². The van der Waals surface area contributed by atoms with Gasteiger partial charge in [-0.3, -0.25) is 0 Å². The lowest BCUT2D eigenvalue weighted by Crippen LogP contribution is -2.37. The van der Waals surface area contributed by atoms with Crippen molar-refractivity contribution in [3.8, 4) is 0 Å². The Morgan fingerprint density at radius 2 is 1.27 bits per heavy atom. The highest BCUT2D eigenvalue weighted by atomic mass is 16.5. The van der Waals surface area contributed by atoms with Gasteiger partial charge in [-0.1, -0.05) is 101 Å². The predicted octanol–water partition coefficient (Wildman–Crippen LogP) is 8.21. The van der Waals surface area contributed by atoms with Crippen LogP contribution >= 0.6 is 0 Å². The van der Waals surface area contributed by atoms with E-state index >= 15 is 0 Å². The summed E-state index contributed by atoms with van der Waals surface area (Å²) in [5.74, 6) is 2.27. The number of hydrogen-bond acceptors (Lipinski definition) is 4. The number of ether oxygens (including phenoxy) is 2. The highest BCUT2D eigenvalue weighted by Crippen LogP contribution is 2.53. The maximum Gasteiger partial charge on any atom is 0.113 e. The van der Waals surface area contributed by atoms with E-state index in [1.54, 1.807) is 0 Å². The van der Waals surface area contributed by atoms with Gasteiger partial charge in [0.15, 0.2) is 0 Å². The van der Waals surface area contributed by atoms with E-state index in [2.05, 4.69) is 110 Å². The third-order valence-electron chi connectivity index (χ3n) is 8.86. The van der Waals surface area contributed by atoms with Crippen molar-refractivity contribution in [2.24, 2.45) is 10.8 Å². The van der Waals surface area contributed by atoms with Crippen molar-refractivity contribution in [2.75, 3.05) is 39.3 Å². The summed E-state index contributed by atoms with van der Waals surface area (Å²) in [5.41, 5.74) is 2.17. The van der Waals surface area contributed by atoms with Crippen LogP contribution < -0.4 is 0 Å². The van der Waals surface area contributed by atoms with Crippen LogP contribution in [0.1, 0.15) is 77.3 Å². The maximum absolute atomic E-state index is 6.85. The lowest BCUT2D eigenvalue weighted by Gasteiger charge is -2.43. The maximum atomic E-state index is 6.85. The highest BCUT2D eigenvalue weighted by molar-refractivity contribution is 5.36. The Morgan fingerprint density at radius 3 is 1.75 bits per heavy atom. The number of hydrogen-bond donors (Lipinski definition) is 0. The van der Waals surface area contributed by atoms with Crippen molar-refractivity contribution >= 4 is 0 Å². The average molecular weight is 545 g/mol. The average Bonchev–Trinajstić information content (AvgIpc) is 3.38. The van der Waals surface area contributed by atoms with Crippen LogP contribution in [0.4, 0.5) is 0 Å². The smallest absolute Gasteiger partial charge is 0.113 e. The Bertz CT molecular complexity index is 1000. The molecule has 0 unspecified atom stereocenters. The Balaban J connectivity index is 1.62. The summed E-state index contributed by atoms with van der Waals surface area (Å²) in [6.45, 7) is 17.0. The van der Waals surface area contributed by atoms with Crippen LogP contribution in [0.15, 0.2) is 84.3 Å². The van der Waals surface area contributed by atoms with Crippen LogP contribution in [-0.2, 0) is 22.7 Å². The number of nitrogens with zero attached hydrogens (tertiary/aromatic N) is 2. The molecule has 0 aromatic heterocycles. The Hall–Kier alpha value is -2.56. The summed E-state index contributed by atoms with van der Waals surface area (Å²) in [6, 6.07) is 21.2. The Labute approximate surface area is 244 Å². The topological polar surface area (TPSA) is 24.9 Å². The largest absolute Gasteiger partial charge is 0.492 e. The molecule has 218 valence electrons. The van der Waals surface area contributed by atoms with Gasteiger partial charge in [-0.25, -0.2) is 0 Å². The summed E-state index contributed by atoms with van der Waals surface area (Å²) >= 11 is 0. The number of likely N-dealkylation sites (tertiary alicyclic amines) is 1. The Kier molecular flexibility index (Phi) is 11.3. The normalized spacial score (nSPS) is 18.1. The first kappa shape index (κ1) is 30.4. The summed E-state index contributed by atoms with van der Waals surface area (Å²) in [6.07, 6.45) is 11.6. The molecule has 0 N–H and O–H groups in total. The molecule has 2 aromatic rings. The minimum atomic E-state index is -0.214. The van der Waals surface area contributed by atoms with Crippen molar-refractivity contribution in [3.63, 3.8) is 0 Å². The van der Waals surface area contributed by atoms with Gasteiger partial charge in [-0.05, 0) is 81.7 Å². The van der Waals surface area contributed by atoms with Gasteiger partial charge >= 0.3 is 0 Å². The van der Waals surface area contributed by atoms with E-state index in [0.29, 0.717) is 13.2 Å². The van der Waals surface area contributed by atoms with Crippen LogP contribution in [-0.4, -0.2) is 49.1 Å². The van der Waals surface area contributed by atoms with E-state index < -0.39 is 0 Å². The quantitative estimate of drug-likeness (QED) is 0.213. The molecule has 1 heterocycles. The molecule has 0 radical (unpaired) electrons. The van der Waals surface area contributed by atoms with Crippen molar-refractivity contribution < 1.29 is 9.47 Å². The zero-order chi connectivity index (χ0) is 28.3. The van der Waals surface area contributed by atoms with Gasteiger partial charge in [0.1, 0.15) is 24.7 Å². The first-order chi connectivity index (χ1) is 19.6. The number of rotatable bonds is 16. The second-order valence-electron chi connectivity index (χ2n) is 11.8. The van der Waals surface area contributed by atoms with Crippen LogP contribution in [0.3, 0.4) is 0 Å². The van der Waals surface area contributed by atoms with Gasteiger partial charge in [-0.15, -0.1) is 0 Å². The SMILES string of the molecule is CCCC1(CCC)C(OCc2ccccc2)=CC2(C=C1OCc1ccccc1)CCN(CCCN(CC)CC)C2. The molecule has 0 bridgehead atoms. The third-order valence-corrected chi connectivity index (χ3v) is 8.86. The molecule has 1 fully saturated rings. The number of benzene rings is 2. The van der Waals surface area contributed by atoms with Gasteiger partial charge in [0.05, 0.1) is 5.41 Å². The first-order valence-corrected chi connectivity index (χ1v) is 15.8. The molecular weight excluding hydrogens is 492 g/mol. The third kappa shape index (κ3) is 7.59. The van der Waals surface area contributed by atoms with E-state index in [9.17, 15) is 0 Å². The van der Waals surface area contributed by atoms with E-state index in [1.165, 1.54) is 24.1 Å². The summed E-state index contributed by atoms with van der Waals surface area (Å²) in [7, 11) is 0. The molecule has 4 heteroatoms. The molecule has 40 heavy (non-hydrogen) atoms. The highest BCUT2D eigenvalue weighted by Gasteiger charge is 2.48. The zero-order valence-corrected chi connectivity index (χ0v) is 25.5. The summed E-state index contributed by atoms with van der Waals surface area (Å²) in [5, 5.41) is 0. The summed E-state index contributed by atoms with van der Waals surface area (Å²) in [4.78, 5) is 5.19.